The Labute approximate surface area is 161 Å². The molecule has 1 aliphatic rings. The lowest BCUT2D eigenvalue weighted by Crippen LogP contribution is -2.28. The largest absolute Gasteiger partial charge is 0.322 e. The predicted octanol–water partition coefficient (Wildman–Crippen LogP) is 4.04. The van der Waals surface area contributed by atoms with Crippen molar-refractivity contribution in [2.75, 3.05) is 5.32 Å². The second-order valence-corrected chi connectivity index (χ2v) is 6.99. The SMILES string of the molecule is O=C(C=Cc1cccc(Cl)c1)Nc1ccc2nc3n(c(=O)c2c1)CCCC3. The normalized spacial score (nSPS) is 13.7. The topological polar surface area (TPSA) is 64.0 Å². The average molecular weight is 380 g/mol. The first kappa shape index (κ1) is 17.5. The Morgan fingerprint density at radius 2 is 2.07 bits per heavy atom. The van der Waals surface area contributed by atoms with Crippen LogP contribution in [0.15, 0.2) is 53.3 Å². The van der Waals surface area contributed by atoms with Gasteiger partial charge in [0.15, 0.2) is 0 Å². The molecule has 0 bridgehead atoms. The van der Waals surface area contributed by atoms with Gasteiger partial charge in [0.25, 0.3) is 5.56 Å². The highest BCUT2D eigenvalue weighted by Crippen LogP contribution is 2.18. The van der Waals surface area contributed by atoms with Crippen molar-refractivity contribution in [1.82, 2.24) is 9.55 Å². The fraction of sp³-hybridized carbons (Fsp3) is 0.190. The summed E-state index contributed by atoms with van der Waals surface area (Å²) in [4.78, 5) is 29.5. The minimum Gasteiger partial charge on any atom is -0.322 e. The number of rotatable bonds is 3. The van der Waals surface area contributed by atoms with E-state index in [-0.39, 0.29) is 11.5 Å². The lowest BCUT2D eigenvalue weighted by atomic mass is 10.1. The number of nitrogens with zero attached hydrogens (tertiary/aromatic N) is 2. The van der Waals surface area contributed by atoms with Crippen molar-refractivity contribution in [3.63, 3.8) is 0 Å². The first-order valence-corrected chi connectivity index (χ1v) is 9.26. The maximum absolute atomic E-state index is 12.7. The number of anilines is 1. The zero-order chi connectivity index (χ0) is 18.8. The molecule has 1 aliphatic heterocycles. The van der Waals surface area contributed by atoms with E-state index in [1.807, 2.05) is 12.1 Å². The van der Waals surface area contributed by atoms with Crippen molar-refractivity contribution in [3.8, 4) is 0 Å². The van der Waals surface area contributed by atoms with E-state index in [0.717, 1.165) is 30.7 Å². The fourth-order valence-corrected chi connectivity index (χ4v) is 3.48. The number of fused-ring (bicyclic) bond motifs is 2. The summed E-state index contributed by atoms with van der Waals surface area (Å²) in [7, 11) is 0. The number of aromatic nitrogens is 2. The van der Waals surface area contributed by atoms with Crippen LogP contribution in [0.1, 0.15) is 24.2 Å². The van der Waals surface area contributed by atoms with E-state index in [9.17, 15) is 9.59 Å². The van der Waals surface area contributed by atoms with Gasteiger partial charge < -0.3 is 5.32 Å². The molecular weight excluding hydrogens is 362 g/mol. The van der Waals surface area contributed by atoms with Gasteiger partial charge in [-0.05, 0) is 54.8 Å². The zero-order valence-electron chi connectivity index (χ0n) is 14.6. The number of aryl methyl sites for hydroxylation is 1. The first-order chi connectivity index (χ1) is 13.1. The number of carbonyl (C=O) groups is 1. The Hall–Kier alpha value is -2.92. The third kappa shape index (κ3) is 3.78. The van der Waals surface area contributed by atoms with Crippen LogP contribution in [0.4, 0.5) is 5.69 Å². The van der Waals surface area contributed by atoms with Crippen LogP contribution in [0.2, 0.25) is 5.02 Å². The number of hydrogen-bond donors (Lipinski definition) is 1. The van der Waals surface area contributed by atoms with Gasteiger partial charge in [-0.2, -0.15) is 0 Å². The summed E-state index contributed by atoms with van der Waals surface area (Å²) in [5, 5.41) is 3.93. The molecule has 0 atom stereocenters. The molecule has 136 valence electrons. The second-order valence-electron chi connectivity index (χ2n) is 6.55. The van der Waals surface area contributed by atoms with Gasteiger partial charge in [-0.1, -0.05) is 23.7 Å². The molecule has 1 amide bonds. The Morgan fingerprint density at radius 1 is 1.19 bits per heavy atom. The quantitative estimate of drug-likeness (QED) is 0.698. The van der Waals surface area contributed by atoms with E-state index in [1.165, 1.54) is 6.08 Å². The first-order valence-electron chi connectivity index (χ1n) is 8.88. The van der Waals surface area contributed by atoms with Gasteiger partial charge in [-0.15, -0.1) is 0 Å². The van der Waals surface area contributed by atoms with Gasteiger partial charge in [0.05, 0.1) is 10.9 Å². The van der Waals surface area contributed by atoms with Gasteiger partial charge in [0.1, 0.15) is 5.82 Å². The van der Waals surface area contributed by atoms with E-state index in [1.54, 1.807) is 41.0 Å². The molecule has 0 saturated carbocycles. The summed E-state index contributed by atoms with van der Waals surface area (Å²) in [6.45, 7) is 0.704. The monoisotopic (exact) mass is 379 g/mol. The van der Waals surface area contributed by atoms with Crippen molar-refractivity contribution in [1.29, 1.82) is 0 Å². The summed E-state index contributed by atoms with van der Waals surface area (Å²) in [5.41, 5.74) is 2.03. The second kappa shape index (κ2) is 7.37. The van der Waals surface area contributed by atoms with Crippen molar-refractivity contribution in [2.24, 2.45) is 0 Å². The lowest BCUT2D eigenvalue weighted by molar-refractivity contribution is -0.111. The maximum Gasteiger partial charge on any atom is 0.261 e. The Balaban J connectivity index is 1.58. The summed E-state index contributed by atoms with van der Waals surface area (Å²) in [6.07, 6.45) is 6.01. The van der Waals surface area contributed by atoms with E-state index >= 15 is 0 Å². The van der Waals surface area contributed by atoms with Gasteiger partial charge in [-0.25, -0.2) is 4.98 Å². The Kier molecular flexibility index (Phi) is 4.77. The Bertz CT molecular complexity index is 1120. The van der Waals surface area contributed by atoms with Crippen molar-refractivity contribution < 1.29 is 4.79 Å². The van der Waals surface area contributed by atoms with Crippen molar-refractivity contribution in [2.45, 2.75) is 25.8 Å². The highest BCUT2D eigenvalue weighted by atomic mass is 35.5. The summed E-state index contributed by atoms with van der Waals surface area (Å²) in [6, 6.07) is 12.5. The van der Waals surface area contributed by atoms with Crippen LogP contribution in [0.3, 0.4) is 0 Å². The molecule has 0 fully saturated rings. The molecule has 27 heavy (non-hydrogen) atoms. The molecule has 0 aliphatic carbocycles. The molecular formula is C21H18ClN3O2. The molecule has 1 aromatic heterocycles. The zero-order valence-corrected chi connectivity index (χ0v) is 15.4. The highest BCUT2D eigenvalue weighted by Gasteiger charge is 2.15. The van der Waals surface area contributed by atoms with Gasteiger partial charge >= 0.3 is 0 Å². The number of amides is 1. The van der Waals surface area contributed by atoms with Gasteiger partial charge in [0, 0.05) is 29.8 Å². The molecule has 0 radical (unpaired) electrons. The van der Waals surface area contributed by atoms with E-state index < -0.39 is 0 Å². The fourth-order valence-electron chi connectivity index (χ4n) is 3.29. The predicted molar refractivity (Wildman–Crippen MR) is 108 cm³/mol. The average Bonchev–Trinajstić information content (AvgIpc) is 2.67. The van der Waals surface area contributed by atoms with Crippen LogP contribution >= 0.6 is 11.6 Å². The lowest BCUT2D eigenvalue weighted by Gasteiger charge is -2.17. The minimum atomic E-state index is -0.277. The van der Waals surface area contributed by atoms with Crippen LogP contribution in [-0.2, 0) is 17.8 Å². The number of hydrogen-bond acceptors (Lipinski definition) is 3. The minimum absolute atomic E-state index is 0.0414. The summed E-state index contributed by atoms with van der Waals surface area (Å²) >= 11 is 5.94. The standard InChI is InChI=1S/C21H18ClN3O2/c22-15-5-3-4-14(12-15)7-10-20(26)23-16-8-9-18-17(13-16)21(27)25-11-2-1-6-19(25)24-18/h3-5,7-10,12-13H,1-2,6,11H2,(H,23,26). The Morgan fingerprint density at radius 3 is 2.93 bits per heavy atom. The van der Waals surface area contributed by atoms with E-state index in [2.05, 4.69) is 10.3 Å². The van der Waals surface area contributed by atoms with Crippen LogP contribution in [0.5, 0.6) is 0 Å². The maximum atomic E-state index is 12.7. The highest BCUT2D eigenvalue weighted by molar-refractivity contribution is 6.30. The molecule has 3 aromatic rings. The summed E-state index contributed by atoms with van der Waals surface area (Å²) in [5.74, 6) is 0.570. The molecule has 0 unspecified atom stereocenters. The van der Waals surface area contributed by atoms with E-state index in [0.29, 0.717) is 28.2 Å². The molecule has 0 spiro atoms. The van der Waals surface area contributed by atoms with Gasteiger partial charge in [0.2, 0.25) is 5.91 Å². The van der Waals surface area contributed by atoms with Gasteiger partial charge in [-0.3, -0.25) is 14.2 Å². The number of carbonyl (C=O) groups excluding carboxylic acids is 1. The van der Waals surface area contributed by atoms with Crippen molar-refractivity contribution >= 4 is 40.2 Å². The van der Waals surface area contributed by atoms with Crippen LogP contribution in [-0.4, -0.2) is 15.5 Å². The number of nitrogens with one attached hydrogen (secondary N) is 1. The molecule has 1 N–H and O–H groups in total. The van der Waals surface area contributed by atoms with E-state index in [4.69, 9.17) is 11.6 Å². The van der Waals surface area contributed by atoms with Crippen LogP contribution < -0.4 is 10.9 Å². The molecule has 2 aromatic carbocycles. The van der Waals surface area contributed by atoms with Crippen molar-refractivity contribution in [3.05, 3.63) is 75.3 Å². The van der Waals surface area contributed by atoms with Crippen LogP contribution in [0, 0.1) is 0 Å². The third-order valence-electron chi connectivity index (χ3n) is 4.61. The van der Waals surface area contributed by atoms with Crippen LogP contribution in [0.25, 0.3) is 17.0 Å². The molecule has 4 rings (SSSR count). The molecule has 0 saturated heterocycles. The molecule has 2 heterocycles. The smallest absolute Gasteiger partial charge is 0.261 e. The molecule has 6 heteroatoms. The molecule has 5 nitrogen and oxygen atoms in total. The third-order valence-corrected chi connectivity index (χ3v) is 4.84. The number of halogens is 1. The summed E-state index contributed by atoms with van der Waals surface area (Å²) < 4.78 is 1.75. The number of benzene rings is 2.